The third-order valence-corrected chi connectivity index (χ3v) is 5.96. The summed E-state index contributed by atoms with van der Waals surface area (Å²) >= 11 is 0. The topological polar surface area (TPSA) is 79.0 Å². The molecule has 0 spiro atoms. The van der Waals surface area contributed by atoms with Crippen molar-refractivity contribution >= 4 is 17.5 Å². The molecule has 0 bridgehead atoms. The molecule has 3 heterocycles. The number of nitrogens with zero attached hydrogens (tertiary/aromatic N) is 4. The lowest BCUT2D eigenvalue weighted by atomic mass is 9.87. The Kier molecular flexibility index (Phi) is 6.27. The van der Waals surface area contributed by atoms with Crippen LogP contribution in [0.5, 0.6) is 0 Å². The molecule has 1 aromatic carbocycles. The maximum atomic E-state index is 6.15. The molecule has 7 heteroatoms. The second kappa shape index (κ2) is 9.24. The van der Waals surface area contributed by atoms with Gasteiger partial charge < -0.3 is 20.7 Å². The maximum absolute atomic E-state index is 6.15. The zero-order valence-electron chi connectivity index (χ0n) is 16.8. The molecular formula is C22H30N6O. The lowest BCUT2D eigenvalue weighted by molar-refractivity contribution is -0.0260. The van der Waals surface area contributed by atoms with Gasteiger partial charge in [-0.05, 0) is 37.1 Å². The van der Waals surface area contributed by atoms with Gasteiger partial charge in [0.15, 0.2) is 5.96 Å². The van der Waals surface area contributed by atoms with E-state index in [0.717, 1.165) is 52.2 Å². The molecule has 2 aliphatic rings. The molecule has 2 fully saturated rings. The van der Waals surface area contributed by atoms with Crippen molar-refractivity contribution < 1.29 is 4.74 Å². The molecule has 0 saturated carbocycles. The number of anilines is 2. The van der Waals surface area contributed by atoms with Crippen LogP contribution < -0.4 is 16.0 Å². The highest BCUT2D eigenvalue weighted by molar-refractivity contribution is 5.91. The highest BCUT2D eigenvalue weighted by Crippen LogP contribution is 2.30. The van der Waals surface area contributed by atoms with Gasteiger partial charge in [0, 0.05) is 56.8 Å². The largest absolute Gasteiger partial charge is 0.381 e. The van der Waals surface area contributed by atoms with Crippen LogP contribution in [0.1, 0.15) is 12.8 Å². The number of benzene rings is 1. The molecule has 2 aliphatic heterocycles. The van der Waals surface area contributed by atoms with Crippen molar-refractivity contribution in [3.05, 3.63) is 54.7 Å². The number of pyridine rings is 1. The van der Waals surface area contributed by atoms with Crippen molar-refractivity contribution in [3.63, 3.8) is 0 Å². The highest BCUT2D eigenvalue weighted by Gasteiger charge is 2.39. The zero-order chi connectivity index (χ0) is 19.9. The van der Waals surface area contributed by atoms with Crippen molar-refractivity contribution in [2.24, 2.45) is 10.7 Å². The maximum Gasteiger partial charge on any atom is 0.194 e. The Morgan fingerprint density at radius 1 is 1.03 bits per heavy atom. The smallest absolute Gasteiger partial charge is 0.194 e. The highest BCUT2D eigenvalue weighted by atomic mass is 16.5. The quantitative estimate of drug-likeness (QED) is 0.598. The molecule has 0 atom stereocenters. The Morgan fingerprint density at radius 2 is 1.76 bits per heavy atom. The van der Waals surface area contributed by atoms with Gasteiger partial charge in [0.2, 0.25) is 0 Å². The summed E-state index contributed by atoms with van der Waals surface area (Å²) in [6.45, 7) is 6.34. The van der Waals surface area contributed by atoms with E-state index in [1.807, 2.05) is 18.2 Å². The Hall–Kier alpha value is -2.64. The average molecular weight is 395 g/mol. The number of aromatic nitrogens is 1. The van der Waals surface area contributed by atoms with E-state index in [0.29, 0.717) is 18.3 Å². The van der Waals surface area contributed by atoms with Gasteiger partial charge in [0.25, 0.3) is 0 Å². The number of nitrogens with one attached hydrogen (secondary N) is 1. The second-order valence-corrected chi connectivity index (χ2v) is 7.69. The van der Waals surface area contributed by atoms with Crippen LogP contribution in [0.15, 0.2) is 59.7 Å². The predicted molar refractivity (Wildman–Crippen MR) is 117 cm³/mol. The van der Waals surface area contributed by atoms with Crippen LogP contribution in [0.25, 0.3) is 0 Å². The predicted octanol–water partition coefficient (Wildman–Crippen LogP) is 2.18. The number of guanidine groups is 1. The molecule has 0 unspecified atom stereocenters. The van der Waals surface area contributed by atoms with Gasteiger partial charge >= 0.3 is 0 Å². The van der Waals surface area contributed by atoms with Crippen LogP contribution >= 0.6 is 0 Å². The first-order valence-corrected chi connectivity index (χ1v) is 10.4. The molecule has 3 N–H and O–H groups in total. The van der Waals surface area contributed by atoms with Gasteiger partial charge in [0.05, 0.1) is 6.54 Å². The molecular weight excluding hydrogens is 364 g/mol. The normalized spacial score (nSPS) is 20.4. The van der Waals surface area contributed by atoms with E-state index in [1.165, 1.54) is 5.69 Å². The van der Waals surface area contributed by atoms with Crippen LogP contribution in [0.2, 0.25) is 0 Å². The fourth-order valence-electron chi connectivity index (χ4n) is 4.24. The number of nitrogens with two attached hydrogens (primary N) is 1. The van der Waals surface area contributed by atoms with Crippen LogP contribution in [0.3, 0.4) is 0 Å². The van der Waals surface area contributed by atoms with Crippen molar-refractivity contribution in [1.29, 1.82) is 0 Å². The van der Waals surface area contributed by atoms with Crippen molar-refractivity contribution in [2.75, 3.05) is 56.2 Å². The van der Waals surface area contributed by atoms with E-state index in [9.17, 15) is 0 Å². The summed E-state index contributed by atoms with van der Waals surface area (Å²) < 4.78 is 5.67. The minimum Gasteiger partial charge on any atom is -0.381 e. The second-order valence-electron chi connectivity index (χ2n) is 7.69. The van der Waals surface area contributed by atoms with Gasteiger partial charge in [-0.15, -0.1) is 0 Å². The molecule has 2 aromatic rings. The number of piperazine rings is 1. The Balaban J connectivity index is 1.41. The summed E-state index contributed by atoms with van der Waals surface area (Å²) in [5, 5.41) is 3.09. The summed E-state index contributed by atoms with van der Waals surface area (Å²) in [5.41, 5.74) is 7.46. The molecule has 0 aliphatic carbocycles. The third-order valence-electron chi connectivity index (χ3n) is 5.96. The third kappa shape index (κ3) is 4.86. The minimum atomic E-state index is 0.0114. The summed E-state index contributed by atoms with van der Waals surface area (Å²) in [7, 11) is 0. The molecule has 154 valence electrons. The number of para-hydroxylation sites is 1. The van der Waals surface area contributed by atoms with E-state index in [1.54, 1.807) is 6.20 Å². The van der Waals surface area contributed by atoms with Crippen molar-refractivity contribution in [1.82, 2.24) is 9.88 Å². The monoisotopic (exact) mass is 394 g/mol. The number of rotatable bonds is 5. The first-order valence-electron chi connectivity index (χ1n) is 10.4. The lowest BCUT2D eigenvalue weighted by Crippen LogP contribution is -2.60. The summed E-state index contributed by atoms with van der Waals surface area (Å²) in [6, 6.07) is 16.3. The van der Waals surface area contributed by atoms with Crippen LogP contribution in [-0.2, 0) is 4.74 Å². The molecule has 4 rings (SSSR count). The Labute approximate surface area is 172 Å². The lowest BCUT2D eigenvalue weighted by Gasteiger charge is -2.49. The summed E-state index contributed by atoms with van der Waals surface area (Å²) in [5.74, 6) is 1.13. The van der Waals surface area contributed by atoms with Gasteiger partial charge in [-0.3, -0.25) is 9.89 Å². The summed E-state index contributed by atoms with van der Waals surface area (Å²) in [4.78, 5) is 14.0. The van der Waals surface area contributed by atoms with E-state index in [-0.39, 0.29) is 5.54 Å². The van der Waals surface area contributed by atoms with Gasteiger partial charge in [-0.2, -0.15) is 0 Å². The number of hydrogen-bond donors (Lipinski definition) is 2. The van der Waals surface area contributed by atoms with E-state index in [4.69, 9.17) is 15.5 Å². The first-order chi connectivity index (χ1) is 14.3. The van der Waals surface area contributed by atoms with Crippen LogP contribution in [0.4, 0.5) is 11.5 Å². The number of ether oxygens (including phenoxy) is 1. The first kappa shape index (κ1) is 19.7. The van der Waals surface area contributed by atoms with E-state index in [2.05, 4.69) is 50.4 Å². The molecule has 2 saturated heterocycles. The molecule has 0 radical (unpaired) electrons. The average Bonchev–Trinajstić information content (AvgIpc) is 2.80. The molecule has 0 amide bonds. The van der Waals surface area contributed by atoms with Crippen molar-refractivity contribution in [2.45, 2.75) is 18.4 Å². The fraction of sp³-hybridized carbons (Fsp3) is 0.455. The number of aliphatic imine (C=N–C) groups is 1. The molecule has 7 nitrogen and oxygen atoms in total. The van der Waals surface area contributed by atoms with Gasteiger partial charge in [-0.25, -0.2) is 4.98 Å². The SMILES string of the molecule is NC(=NCC1(N2CCN(c3ccccc3)CC2)CCOCC1)Nc1ccccn1. The Bertz CT molecular complexity index is 783. The molecule has 29 heavy (non-hydrogen) atoms. The van der Waals surface area contributed by atoms with Crippen molar-refractivity contribution in [3.8, 4) is 0 Å². The van der Waals surface area contributed by atoms with Gasteiger partial charge in [0.1, 0.15) is 5.82 Å². The van der Waals surface area contributed by atoms with Crippen LogP contribution in [-0.4, -0.2) is 67.3 Å². The summed E-state index contributed by atoms with van der Waals surface area (Å²) in [6.07, 6.45) is 3.71. The minimum absolute atomic E-state index is 0.0114. The van der Waals surface area contributed by atoms with E-state index >= 15 is 0 Å². The van der Waals surface area contributed by atoms with E-state index < -0.39 is 0 Å². The van der Waals surface area contributed by atoms with Crippen LogP contribution in [0, 0.1) is 0 Å². The molecule has 1 aromatic heterocycles. The Morgan fingerprint density at radius 3 is 2.45 bits per heavy atom. The standard InChI is InChI=1S/C22H30N6O/c23-21(26-20-8-4-5-11-24-20)25-18-22(9-16-29-17-10-22)28-14-12-27(13-15-28)19-6-2-1-3-7-19/h1-8,11H,9-10,12-18H2,(H3,23,24,25,26). The van der Waals surface area contributed by atoms with Gasteiger partial charge in [-0.1, -0.05) is 24.3 Å². The number of hydrogen-bond acceptors (Lipinski definition) is 5. The fourth-order valence-corrected chi connectivity index (χ4v) is 4.24. The zero-order valence-corrected chi connectivity index (χ0v) is 16.8.